The van der Waals surface area contributed by atoms with E-state index < -0.39 is 0 Å². The number of likely N-dealkylation sites (tertiary alicyclic amines) is 2. The van der Waals surface area contributed by atoms with Gasteiger partial charge in [0.05, 0.1) is 5.92 Å². The van der Waals surface area contributed by atoms with E-state index in [1.54, 1.807) is 17.3 Å². The van der Waals surface area contributed by atoms with Crippen LogP contribution in [0.3, 0.4) is 0 Å². The molecule has 2 fully saturated rings. The van der Waals surface area contributed by atoms with Gasteiger partial charge in [0, 0.05) is 45.0 Å². The highest BCUT2D eigenvalue weighted by molar-refractivity contribution is 5.89. The van der Waals surface area contributed by atoms with E-state index in [4.69, 9.17) is 0 Å². The number of pyridine rings is 1. The lowest BCUT2D eigenvalue weighted by atomic mass is 9.98. The predicted molar refractivity (Wildman–Crippen MR) is 82.7 cm³/mol. The van der Waals surface area contributed by atoms with E-state index >= 15 is 0 Å². The number of carbonyl (C=O) groups is 2. The zero-order valence-electron chi connectivity index (χ0n) is 13.1. The molecule has 0 radical (unpaired) electrons. The Morgan fingerprint density at radius 2 is 2.27 bits per heavy atom. The molecule has 0 spiro atoms. The summed E-state index contributed by atoms with van der Waals surface area (Å²) in [4.78, 5) is 32.6. The van der Waals surface area contributed by atoms with Crippen LogP contribution < -0.4 is 0 Å². The fourth-order valence-electron chi connectivity index (χ4n) is 3.45. The minimum Gasteiger partial charge on any atom is -0.342 e. The van der Waals surface area contributed by atoms with Gasteiger partial charge in [0.15, 0.2) is 0 Å². The quantitative estimate of drug-likeness (QED) is 0.853. The molecule has 1 aromatic rings. The molecule has 1 aromatic heterocycles. The first-order chi connectivity index (χ1) is 10.6. The summed E-state index contributed by atoms with van der Waals surface area (Å²) < 4.78 is 0. The number of rotatable bonds is 3. The Hall–Kier alpha value is -1.91. The summed E-state index contributed by atoms with van der Waals surface area (Å²) in [7, 11) is 0. The Morgan fingerprint density at radius 3 is 3.00 bits per heavy atom. The highest BCUT2D eigenvalue weighted by Gasteiger charge is 2.37. The molecule has 118 valence electrons. The number of hydrogen-bond donors (Lipinski definition) is 0. The number of piperidine rings is 1. The Balaban J connectivity index is 1.60. The summed E-state index contributed by atoms with van der Waals surface area (Å²) in [6.07, 6.45) is 6.12. The monoisotopic (exact) mass is 301 g/mol. The van der Waals surface area contributed by atoms with Crippen LogP contribution in [-0.2, 0) is 16.1 Å². The van der Waals surface area contributed by atoms with E-state index in [-0.39, 0.29) is 17.7 Å². The van der Waals surface area contributed by atoms with Gasteiger partial charge in [-0.2, -0.15) is 0 Å². The molecule has 2 aliphatic heterocycles. The van der Waals surface area contributed by atoms with Crippen molar-refractivity contribution in [2.75, 3.05) is 19.6 Å². The Morgan fingerprint density at radius 1 is 1.41 bits per heavy atom. The van der Waals surface area contributed by atoms with Crippen LogP contribution in [0.4, 0.5) is 0 Å². The van der Waals surface area contributed by atoms with Crippen molar-refractivity contribution in [1.29, 1.82) is 0 Å². The van der Waals surface area contributed by atoms with Crippen molar-refractivity contribution in [2.24, 2.45) is 11.8 Å². The molecule has 22 heavy (non-hydrogen) atoms. The number of amides is 2. The third-order valence-electron chi connectivity index (χ3n) is 4.63. The second kappa shape index (κ2) is 6.46. The first-order valence-electron chi connectivity index (χ1n) is 8.09. The third kappa shape index (κ3) is 3.29. The standard InChI is InChI=1S/C17H23N3O2/c1-13-4-3-7-19(10-13)17(22)15-8-16(21)20(12-15)11-14-5-2-6-18-9-14/h2,5-6,9,13,15H,3-4,7-8,10-12H2,1H3. The average Bonchev–Trinajstić information content (AvgIpc) is 2.88. The molecule has 0 aliphatic carbocycles. The zero-order chi connectivity index (χ0) is 15.5. The van der Waals surface area contributed by atoms with Crippen molar-refractivity contribution in [3.8, 4) is 0 Å². The Kier molecular flexibility index (Phi) is 4.41. The molecule has 0 aromatic carbocycles. The van der Waals surface area contributed by atoms with Crippen molar-refractivity contribution in [1.82, 2.24) is 14.8 Å². The highest BCUT2D eigenvalue weighted by atomic mass is 16.2. The first-order valence-corrected chi connectivity index (χ1v) is 8.09. The lowest BCUT2D eigenvalue weighted by molar-refractivity contribution is -0.137. The molecular formula is C17H23N3O2. The van der Waals surface area contributed by atoms with Gasteiger partial charge >= 0.3 is 0 Å². The van der Waals surface area contributed by atoms with Gasteiger partial charge in [-0.3, -0.25) is 14.6 Å². The third-order valence-corrected chi connectivity index (χ3v) is 4.63. The fraction of sp³-hybridized carbons (Fsp3) is 0.588. The van der Waals surface area contributed by atoms with Crippen LogP contribution in [0.1, 0.15) is 31.7 Å². The van der Waals surface area contributed by atoms with Crippen molar-refractivity contribution >= 4 is 11.8 Å². The summed E-state index contributed by atoms with van der Waals surface area (Å²) in [5, 5.41) is 0. The minimum absolute atomic E-state index is 0.0762. The van der Waals surface area contributed by atoms with Crippen LogP contribution in [0.15, 0.2) is 24.5 Å². The van der Waals surface area contributed by atoms with Crippen LogP contribution in [0.2, 0.25) is 0 Å². The normalized spacial score (nSPS) is 25.6. The molecule has 0 bridgehead atoms. The van der Waals surface area contributed by atoms with Gasteiger partial charge < -0.3 is 9.80 Å². The topological polar surface area (TPSA) is 53.5 Å². The lowest BCUT2D eigenvalue weighted by Crippen LogP contribution is -2.43. The van der Waals surface area contributed by atoms with E-state index in [2.05, 4.69) is 11.9 Å². The van der Waals surface area contributed by atoms with Crippen molar-refractivity contribution in [3.05, 3.63) is 30.1 Å². The van der Waals surface area contributed by atoms with Crippen LogP contribution >= 0.6 is 0 Å². The molecule has 5 nitrogen and oxygen atoms in total. The second-order valence-electron chi connectivity index (χ2n) is 6.57. The molecule has 2 atom stereocenters. The van der Waals surface area contributed by atoms with Gasteiger partial charge in [-0.25, -0.2) is 0 Å². The smallest absolute Gasteiger partial charge is 0.228 e. The van der Waals surface area contributed by atoms with Gasteiger partial charge in [-0.1, -0.05) is 13.0 Å². The molecule has 0 saturated carbocycles. The lowest BCUT2D eigenvalue weighted by Gasteiger charge is -2.32. The molecule has 5 heteroatoms. The summed E-state index contributed by atoms with van der Waals surface area (Å²) in [6, 6.07) is 3.83. The molecule has 2 aliphatic rings. The van der Waals surface area contributed by atoms with Gasteiger partial charge in [0.1, 0.15) is 0 Å². The maximum Gasteiger partial charge on any atom is 0.228 e. The Labute approximate surface area is 131 Å². The summed E-state index contributed by atoms with van der Waals surface area (Å²) in [5.41, 5.74) is 1.01. The van der Waals surface area contributed by atoms with Gasteiger partial charge in [0.25, 0.3) is 0 Å². The maximum absolute atomic E-state index is 12.6. The number of hydrogen-bond acceptors (Lipinski definition) is 3. The first kappa shape index (κ1) is 15.0. The second-order valence-corrected chi connectivity index (χ2v) is 6.57. The molecule has 2 unspecified atom stereocenters. The van der Waals surface area contributed by atoms with E-state index in [9.17, 15) is 9.59 Å². The van der Waals surface area contributed by atoms with Crippen molar-refractivity contribution in [2.45, 2.75) is 32.7 Å². The van der Waals surface area contributed by atoms with Gasteiger partial charge in [0.2, 0.25) is 11.8 Å². The predicted octanol–water partition coefficient (Wildman–Crippen LogP) is 1.69. The summed E-state index contributed by atoms with van der Waals surface area (Å²) in [6.45, 7) is 4.96. The summed E-state index contributed by atoms with van der Waals surface area (Å²) >= 11 is 0. The van der Waals surface area contributed by atoms with Gasteiger partial charge in [-0.15, -0.1) is 0 Å². The molecule has 2 amide bonds. The minimum atomic E-state index is -0.172. The number of aromatic nitrogens is 1. The molecular weight excluding hydrogens is 278 g/mol. The van der Waals surface area contributed by atoms with Crippen LogP contribution in [0, 0.1) is 11.8 Å². The number of carbonyl (C=O) groups excluding carboxylic acids is 2. The van der Waals surface area contributed by atoms with Crippen molar-refractivity contribution < 1.29 is 9.59 Å². The molecule has 3 heterocycles. The largest absolute Gasteiger partial charge is 0.342 e. The van der Waals surface area contributed by atoms with E-state index in [0.717, 1.165) is 25.1 Å². The highest BCUT2D eigenvalue weighted by Crippen LogP contribution is 2.24. The van der Waals surface area contributed by atoms with Crippen molar-refractivity contribution in [3.63, 3.8) is 0 Å². The number of nitrogens with zero attached hydrogens (tertiary/aromatic N) is 3. The Bertz CT molecular complexity index is 546. The molecule has 2 saturated heterocycles. The summed E-state index contributed by atoms with van der Waals surface area (Å²) in [5.74, 6) is 0.636. The SMILES string of the molecule is CC1CCCN(C(=O)C2CC(=O)N(Cc3cccnc3)C2)C1. The van der Waals surface area contributed by atoms with Gasteiger partial charge in [-0.05, 0) is 30.4 Å². The fourth-order valence-corrected chi connectivity index (χ4v) is 3.45. The van der Waals surface area contributed by atoms with Crippen LogP contribution in [0.5, 0.6) is 0 Å². The average molecular weight is 301 g/mol. The zero-order valence-corrected chi connectivity index (χ0v) is 13.1. The van der Waals surface area contributed by atoms with E-state index in [1.807, 2.05) is 17.0 Å². The maximum atomic E-state index is 12.6. The molecule has 3 rings (SSSR count). The van der Waals surface area contributed by atoms with E-state index in [0.29, 0.717) is 25.4 Å². The molecule has 0 N–H and O–H groups in total. The van der Waals surface area contributed by atoms with Crippen LogP contribution in [-0.4, -0.2) is 46.2 Å². The van der Waals surface area contributed by atoms with E-state index in [1.165, 1.54) is 6.42 Å². The van der Waals surface area contributed by atoms with Crippen LogP contribution in [0.25, 0.3) is 0 Å².